The van der Waals surface area contributed by atoms with Gasteiger partial charge in [-0.1, -0.05) is 0 Å². The third kappa shape index (κ3) is 5.69. The van der Waals surface area contributed by atoms with Crippen LogP contribution in [0.2, 0.25) is 0 Å². The van der Waals surface area contributed by atoms with E-state index < -0.39 is 29.7 Å². The van der Waals surface area contributed by atoms with Gasteiger partial charge >= 0.3 is 17.3 Å². The van der Waals surface area contributed by atoms with E-state index in [0.29, 0.717) is 0 Å². The molecule has 4 nitrogen and oxygen atoms in total. The molecule has 0 bridgehead atoms. The number of rotatable bonds is 6. The van der Waals surface area contributed by atoms with Gasteiger partial charge in [0.05, 0.1) is 0 Å². The summed E-state index contributed by atoms with van der Waals surface area (Å²) in [7, 11) is 0. The van der Waals surface area contributed by atoms with Crippen LogP contribution in [0.5, 0.6) is 0 Å². The maximum absolute atomic E-state index is 12.0. The molecule has 0 saturated carbocycles. The van der Waals surface area contributed by atoms with Gasteiger partial charge in [0.1, 0.15) is 0 Å². The summed E-state index contributed by atoms with van der Waals surface area (Å²) < 4.78 is 24.1. The molecule has 0 heterocycles. The van der Waals surface area contributed by atoms with Crippen LogP contribution in [0.25, 0.3) is 0 Å². The molecular formula is C7H9ClF2O4. The molecule has 0 aliphatic carbocycles. The first-order chi connectivity index (χ1) is 6.24. The Kier molecular flexibility index (Phi) is 4.76. The average molecular weight is 231 g/mol. The summed E-state index contributed by atoms with van der Waals surface area (Å²) in [4.78, 5) is 20.6. The molecule has 0 fully saturated rings. The number of carboxylic acid groups (broad SMARTS) is 2. The van der Waals surface area contributed by atoms with Gasteiger partial charge < -0.3 is 10.2 Å². The Bertz CT molecular complexity index is 212. The first-order valence-electron chi connectivity index (χ1n) is 3.76. The number of aliphatic carboxylic acids is 2. The number of carboxylic acids is 2. The second kappa shape index (κ2) is 5.09. The second-order valence-corrected chi connectivity index (χ2v) is 3.29. The van der Waals surface area contributed by atoms with E-state index in [1.807, 2.05) is 0 Å². The molecule has 7 heteroatoms. The highest BCUT2D eigenvalue weighted by molar-refractivity contribution is 6.21. The summed E-state index contributed by atoms with van der Waals surface area (Å²) in [5.41, 5.74) is 0. The SMILES string of the molecule is O=C(O)C(CCCC(F)(F)Cl)C(=O)O. The van der Waals surface area contributed by atoms with Crippen LogP contribution in [0.4, 0.5) is 8.78 Å². The Morgan fingerprint density at radius 2 is 1.71 bits per heavy atom. The van der Waals surface area contributed by atoms with Gasteiger partial charge in [0.15, 0.2) is 5.92 Å². The van der Waals surface area contributed by atoms with Crippen molar-refractivity contribution in [2.45, 2.75) is 24.6 Å². The van der Waals surface area contributed by atoms with Gasteiger partial charge in [-0.25, -0.2) is 0 Å². The van der Waals surface area contributed by atoms with E-state index in [4.69, 9.17) is 10.2 Å². The lowest BCUT2D eigenvalue weighted by Gasteiger charge is -2.09. The largest absolute Gasteiger partial charge is 0.481 e. The zero-order valence-corrected chi connectivity index (χ0v) is 7.80. The highest BCUT2D eigenvalue weighted by Crippen LogP contribution is 2.26. The summed E-state index contributed by atoms with van der Waals surface area (Å²) in [6.45, 7) is 0. The van der Waals surface area contributed by atoms with Crippen LogP contribution in [0.1, 0.15) is 19.3 Å². The molecule has 0 rings (SSSR count). The third-order valence-electron chi connectivity index (χ3n) is 1.55. The van der Waals surface area contributed by atoms with Crippen LogP contribution in [0.15, 0.2) is 0 Å². The topological polar surface area (TPSA) is 74.6 Å². The summed E-state index contributed by atoms with van der Waals surface area (Å²) in [6.07, 6.45) is -1.33. The monoisotopic (exact) mass is 230 g/mol. The van der Waals surface area contributed by atoms with E-state index in [-0.39, 0.29) is 12.8 Å². The molecule has 2 N–H and O–H groups in total. The van der Waals surface area contributed by atoms with Gasteiger partial charge in [-0.3, -0.25) is 9.59 Å². The zero-order chi connectivity index (χ0) is 11.4. The highest BCUT2D eigenvalue weighted by atomic mass is 35.5. The highest BCUT2D eigenvalue weighted by Gasteiger charge is 2.29. The molecule has 0 aliphatic rings. The van der Waals surface area contributed by atoms with Crippen LogP contribution >= 0.6 is 11.6 Å². The first kappa shape index (κ1) is 13.1. The lowest BCUT2D eigenvalue weighted by atomic mass is 10.0. The Balaban J connectivity index is 3.97. The fraction of sp³-hybridized carbons (Fsp3) is 0.714. The lowest BCUT2D eigenvalue weighted by molar-refractivity contribution is -0.154. The van der Waals surface area contributed by atoms with Gasteiger partial charge in [-0.05, 0) is 24.4 Å². The van der Waals surface area contributed by atoms with Crippen molar-refractivity contribution in [2.24, 2.45) is 5.92 Å². The number of hydrogen-bond acceptors (Lipinski definition) is 2. The van der Waals surface area contributed by atoms with Gasteiger partial charge in [-0.2, -0.15) is 8.78 Å². The maximum atomic E-state index is 12.0. The fourth-order valence-corrected chi connectivity index (χ4v) is 0.993. The fourth-order valence-electron chi connectivity index (χ4n) is 0.859. The molecule has 0 aromatic rings. The van der Waals surface area contributed by atoms with Crippen LogP contribution in [-0.4, -0.2) is 27.5 Å². The number of halogens is 3. The van der Waals surface area contributed by atoms with E-state index in [1.54, 1.807) is 0 Å². The Morgan fingerprint density at radius 3 is 2.00 bits per heavy atom. The van der Waals surface area contributed by atoms with Crippen molar-refractivity contribution in [1.82, 2.24) is 0 Å². The molecule has 0 aliphatic heterocycles. The van der Waals surface area contributed by atoms with Crippen molar-refractivity contribution in [1.29, 1.82) is 0 Å². The molecule has 0 saturated heterocycles. The normalized spacial score (nSPS) is 11.7. The third-order valence-corrected chi connectivity index (χ3v) is 1.74. The molecule has 82 valence electrons. The minimum Gasteiger partial charge on any atom is -0.481 e. The first-order valence-corrected chi connectivity index (χ1v) is 4.14. The molecule has 0 atom stereocenters. The van der Waals surface area contributed by atoms with Crippen molar-refractivity contribution in [2.75, 3.05) is 0 Å². The standard InChI is InChI=1S/C7H9ClF2O4/c8-7(9,10)3-1-2-4(5(11)12)6(13)14/h4H,1-3H2,(H,11,12)(H,13,14). The second-order valence-electron chi connectivity index (χ2n) is 2.74. The minimum atomic E-state index is -3.40. The van der Waals surface area contributed by atoms with Crippen molar-refractivity contribution >= 4 is 23.5 Å². The van der Waals surface area contributed by atoms with Gasteiger partial charge in [0.2, 0.25) is 0 Å². The molecule has 14 heavy (non-hydrogen) atoms. The van der Waals surface area contributed by atoms with E-state index in [0.717, 1.165) is 0 Å². The Hall–Kier alpha value is -0.910. The molecule has 0 aromatic heterocycles. The average Bonchev–Trinajstić information content (AvgIpc) is 1.94. The van der Waals surface area contributed by atoms with E-state index in [1.165, 1.54) is 0 Å². The zero-order valence-electron chi connectivity index (χ0n) is 7.04. The van der Waals surface area contributed by atoms with Crippen LogP contribution in [0, 0.1) is 5.92 Å². The summed E-state index contributed by atoms with van der Waals surface area (Å²) in [6, 6.07) is 0. The van der Waals surface area contributed by atoms with E-state index in [9.17, 15) is 18.4 Å². The molecule has 0 spiro atoms. The Morgan fingerprint density at radius 1 is 1.29 bits per heavy atom. The predicted octanol–water partition coefficient (Wildman–Crippen LogP) is 1.77. The number of alkyl halides is 3. The minimum absolute atomic E-state index is 0.250. The summed E-state index contributed by atoms with van der Waals surface area (Å²) in [5, 5.41) is 13.3. The van der Waals surface area contributed by atoms with Crippen LogP contribution in [0.3, 0.4) is 0 Å². The Labute approximate surface area is 83.5 Å². The van der Waals surface area contributed by atoms with Gasteiger partial charge in [0.25, 0.3) is 0 Å². The predicted molar refractivity (Wildman–Crippen MR) is 43.4 cm³/mol. The van der Waals surface area contributed by atoms with Crippen molar-refractivity contribution in [3.8, 4) is 0 Å². The molecule has 0 unspecified atom stereocenters. The number of carbonyl (C=O) groups is 2. The lowest BCUT2D eigenvalue weighted by Crippen LogP contribution is -2.23. The molecule has 0 radical (unpaired) electrons. The van der Waals surface area contributed by atoms with Crippen molar-refractivity contribution in [3.63, 3.8) is 0 Å². The van der Waals surface area contributed by atoms with E-state index >= 15 is 0 Å². The van der Waals surface area contributed by atoms with Gasteiger partial charge in [-0.15, -0.1) is 0 Å². The molecule has 0 amide bonds. The summed E-state index contributed by atoms with van der Waals surface area (Å²) >= 11 is 4.55. The molecule has 0 aromatic carbocycles. The number of hydrogen-bond donors (Lipinski definition) is 2. The molecular weight excluding hydrogens is 222 g/mol. The van der Waals surface area contributed by atoms with Crippen molar-refractivity contribution < 1.29 is 28.6 Å². The van der Waals surface area contributed by atoms with Gasteiger partial charge in [0, 0.05) is 6.42 Å². The maximum Gasteiger partial charge on any atom is 0.321 e. The van der Waals surface area contributed by atoms with Crippen LogP contribution in [-0.2, 0) is 9.59 Å². The smallest absolute Gasteiger partial charge is 0.321 e. The van der Waals surface area contributed by atoms with E-state index in [2.05, 4.69) is 11.6 Å². The summed E-state index contributed by atoms with van der Waals surface area (Å²) in [5.74, 6) is -4.71. The van der Waals surface area contributed by atoms with Crippen molar-refractivity contribution in [3.05, 3.63) is 0 Å². The quantitative estimate of drug-likeness (QED) is 0.539. The van der Waals surface area contributed by atoms with Crippen LogP contribution < -0.4 is 0 Å².